The van der Waals surface area contributed by atoms with E-state index >= 15 is 0 Å². The normalized spacial score (nSPS) is 14.3. The second-order valence-electron chi connectivity index (χ2n) is 5.64. The molecule has 3 rings (SSSR count). The third kappa shape index (κ3) is 2.35. The zero-order chi connectivity index (χ0) is 15.7. The summed E-state index contributed by atoms with van der Waals surface area (Å²) >= 11 is 0. The van der Waals surface area contributed by atoms with Gasteiger partial charge in [-0.1, -0.05) is 56.3 Å². The second-order valence-corrected chi connectivity index (χ2v) is 5.64. The van der Waals surface area contributed by atoms with Crippen molar-refractivity contribution in [3.8, 4) is 0 Å². The van der Waals surface area contributed by atoms with Crippen LogP contribution in [0.2, 0.25) is 0 Å². The summed E-state index contributed by atoms with van der Waals surface area (Å²) in [6.07, 6.45) is 0. The first-order valence-electron chi connectivity index (χ1n) is 7.34. The molecule has 0 spiro atoms. The fourth-order valence-corrected chi connectivity index (χ4v) is 2.75. The maximum absolute atomic E-state index is 12.5. The number of carbonyl (C=O) groups excluding carboxylic acids is 2. The predicted octanol–water partition coefficient (Wildman–Crippen LogP) is 3.93. The summed E-state index contributed by atoms with van der Waals surface area (Å²) in [5, 5.41) is 3.33. The van der Waals surface area contributed by atoms with Crippen LogP contribution in [-0.2, 0) is 4.79 Å². The van der Waals surface area contributed by atoms with E-state index in [2.05, 4.69) is 5.32 Å². The molecular weight excluding hydrogens is 274 g/mol. The number of Topliss-reactive ketones (excluding diaryl/α,β-unsaturated/α-hetero) is 2. The first-order valence-corrected chi connectivity index (χ1v) is 7.34. The quantitative estimate of drug-likeness (QED) is 0.871. The largest absolute Gasteiger partial charge is 0.355 e. The van der Waals surface area contributed by atoms with E-state index in [1.165, 1.54) is 0 Å². The number of allylic oxidation sites excluding steroid dienone is 1. The van der Waals surface area contributed by atoms with Gasteiger partial charge in [-0.2, -0.15) is 0 Å². The number of hydrogen-bond acceptors (Lipinski definition) is 3. The number of para-hydroxylation sites is 1. The molecule has 1 aliphatic carbocycles. The van der Waals surface area contributed by atoms with Gasteiger partial charge in [0.15, 0.2) is 0 Å². The molecule has 3 heteroatoms. The van der Waals surface area contributed by atoms with Gasteiger partial charge in [-0.3, -0.25) is 9.59 Å². The number of nitrogens with one attached hydrogen (secondary N) is 1. The van der Waals surface area contributed by atoms with Crippen molar-refractivity contribution in [3.63, 3.8) is 0 Å². The third-order valence-electron chi connectivity index (χ3n) is 3.78. The molecule has 0 fully saturated rings. The highest BCUT2D eigenvalue weighted by molar-refractivity contribution is 6.52. The van der Waals surface area contributed by atoms with Gasteiger partial charge < -0.3 is 5.32 Å². The average Bonchev–Trinajstić information content (AvgIpc) is 2.53. The van der Waals surface area contributed by atoms with Gasteiger partial charge >= 0.3 is 0 Å². The molecule has 110 valence electrons. The van der Waals surface area contributed by atoms with E-state index in [0.717, 1.165) is 16.9 Å². The molecule has 0 unspecified atom stereocenters. The van der Waals surface area contributed by atoms with Crippen LogP contribution in [0.1, 0.15) is 29.8 Å². The average molecular weight is 291 g/mol. The van der Waals surface area contributed by atoms with Crippen molar-refractivity contribution in [1.82, 2.24) is 0 Å². The summed E-state index contributed by atoms with van der Waals surface area (Å²) in [7, 11) is 0. The van der Waals surface area contributed by atoms with Gasteiger partial charge in [0.2, 0.25) is 11.6 Å². The van der Waals surface area contributed by atoms with Gasteiger partial charge in [0.25, 0.3) is 0 Å². The Morgan fingerprint density at radius 1 is 0.773 bits per heavy atom. The molecule has 0 aromatic heterocycles. The molecule has 1 aliphatic rings. The Morgan fingerprint density at radius 2 is 1.36 bits per heavy atom. The molecular formula is C19H17NO2. The Hall–Kier alpha value is -2.68. The fourth-order valence-electron chi connectivity index (χ4n) is 2.75. The van der Waals surface area contributed by atoms with E-state index in [1.54, 1.807) is 12.1 Å². The first-order chi connectivity index (χ1) is 10.6. The van der Waals surface area contributed by atoms with Crippen molar-refractivity contribution >= 4 is 23.0 Å². The molecule has 0 saturated heterocycles. The Morgan fingerprint density at radius 3 is 2.00 bits per heavy atom. The summed E-state index contributed by atoms with van der Waals surface area (Å²) in [6, 6.07) is 16.9. The van der Waals surface area contributed by atoms with Crippen LogP contribution in [0.15, 0.2) is 60.2 Å². The molecule has 0 bridgehead atoms. The van der Waals surface area contributed by atoms with Crippen LogP contribution in [0, 0.1) is 5.92 Å². The Bertz CT molecular complexity index is 773. The minimum Gasteiger partial charge on any atom is -0.355 e. The monoisotopic (exact) mass is 291 g/mol. The summed E-state index contributed by atoms with van der Waals surface area (Å²) < 4.78 is 0. The van der Waals surface area contributed by atoms with Crippen molar-refractivity contribution < 1.29 is 9.59 Å². The molecule has 0 amide bonds. The lowest BCUT2D eigenvalue weighted by atomic mass is 9.82. The lowest BCUT2D eigenvalue weighted by Gasteiger charge is -2.24. The topological polar surface area (TPSA) is 46.2 Å². The summed E-state index contributed by atoms with van der Waals surface area (Å²) in [5.41, 5.74) is 3.44. The highest BCUT2D eigenvalue weighted by Gasteiger charge is 2.33. The van der Waals surface area contributed by atoms with E-state index < -0.39 is 11.6 Å². The molecule has 0 atom stereocenters. The van der Waals surface area contributed by atoms with Crippen molar-refractivity contribution in [2.24, 2.45) is 5.92 Å². The summed E-state index contributed by atoms with van der Waals surface area (Å²) in [6.45, 7) is 3.86. The van der Waals surface area contributed by atoms with Gasteiger partial charge in [-0.05, 0) is 18.1 Å². The zero-order valence-electron chi connectivity index (χ0n) is 12.6. The highest BCUT2D eigenvalue weighted by Crippen LogP contribution is 2.33. The molecule has 3 nitrogen and oxygen atoms in total. The molecule has 1 N–H and O–H groups in total. The number of benzene rings is 2. The van der Waals surface area contributed by atoms with E-state index in [1.807, 2.05) is 56.3 Å². The van der Waals surface area contributed by atoms with Gasteiger partial charge in [0.1, 0.15) is 0 Å². The molecule has 22 heavy (non-hydrogen) atoms. The fraction of sp³-hybridized carbons (Fsp3) is 0.158. The molecule has 0 saturated carbocycles. The minimum atomic E-state index is -0.419. The Labute approximate surface area is 129 Å². The molecule has 2 aromatic carbocycles. The van der Waals surface area contributed by atoms with E-state index in [-0.39, 0.29) is 5.92 Å². The zero-order valence-corrected chi connectivity index (χ0v) is 12.6. The van der Waals surface area contributed by atoms with Gasteiger partial charge in [-0.25, -0.2) is 0 Å². The van der Waals surface area contributed by atoms with Crippen molar-refractivity contribution in [1.29, 1.82) is 0 Å². The first kappa shape index (κ1) is 14.3. The van der Waals surface area contributed by atoms with Crippen LogP contribution in [0.3, 0.4) is 0 Å². The lowest BCUT2D eigenvalue weighted by Crippen LogP contribution is -2.28. The highest BCUT2D eigenvalue weighted by atomic mass is 16.2. The SMILES string of the molecule is CC(C)C1=C(Nc2ccccc2)c2ccccc2C(=O)C1=O. The van der Waals surface area contributed by atoms with E-state index in [9.17, 15) is 9.59 Å². The van der Waals surface area contributed by atoms with Crippen LogP contribution < -0.4 is 5.32 Å². The van der Waals surface area contributed by atoms with Crippen molar-refractivity contribution in [3.05, 3.63) is 71.3 Å². The number of ketones is 2. The predicted molar refractivity (Wildman–Crippen MR) is 87.6 cm³/mol. The smallest absolute Gasteiger partial charge is 0.233 e. The number of anilines is 1. The van der Waals surface area contributed by atoms with Crippen LogP contribution in [0.25, 0.3) is 5.70 Å². The maximum atomic E-state index is 12.5. The van der Waals surface area contributed by atoms with E-state index in [0.29, 0.717) is 11.1 Å². The molecule has 0 heterocycles. The van der Waals surface area contributed by atoms with Gasteiger partial charge in [0, 0.05) is 22.4 Å². The molecule has 0 aliphatic heterocycles. The number of rotatable bonds is 3. The number of fused-ring (bicyclic) bond motifs is 1. The Kier molecular flexibility index (Phi) is 3.63. The summed E-state index contributed by atoms with van der Waals surface area (Å²) in [4.78, 5) is 24.8. The lowest BCUT2D eigenvalue weighted by molar-refractivity contribution is -0.112. The van der Waals surface area contributed by atoms with Crippen LogP contribution in [-0.4, -0.2) is 11.6 Å². The third-order valence-corrected chi connectivity index (χ3v) is 3.78. The Balaban J connectivity index is 2.20. The summed E-state index contributed by atoms with van der Waals surface area (Å²) in [5.74, 6) is -0.860. The number of carbonyl (C=O) groups is 2. The van der Waals surface area contributed by atoms with Crippen LogP contribution >= 0.6 is 0 Å². The standard InChI is InChI=1S/C19H17NO2/c1-12(2)16-17(20-13-8-4-3-5-9-13)14-10-6-7-11-15(14)18(21)19(16)22/h3-12,20H,1-2H3. The second kappa shape index (κ2) is 5.60. The molecule has 0 radical (unpaired) electrons. The van der Waals surface area contributed by atoms with Crippen LogP contribution in [0.4, 0.5) is 5.69 Å². The van der Waals surface area contributed by atoms with Crippen molar-refractivity contribution in [2.75, 3.05) is 5.32 Å². The molecule has 2 aromatic rings. The maximum Gasteiger partial charge on any atom is 0.233 e. The van der Waals surface area contributed by atoms with Gasteiger partial charge in [-0.15, -0.1) is 0 Å². The van der Waals surface area contributed by atoms with Crippen LogP contribution in [0.5, 0.6) is 0 Å². The minimum absolute atomic E-state index is 0.0315. The number of hydrogen-bond donors (Lipinski definition) is 1. The van der Waals surface area contributed by atoms with E-state index in [4.69, 9.17) is 0 Å². The van der Waals surface area contributed by atoms with Gasteiger partial charge in [0.05, 0.1) is 5.70 Å². The van der Waals surface area contributed by atoms with Crippen molar-refractivity contribution in [2.45, 2.75) is 13.8 Å².